The summed E-state index contributed by atoms with van der Waals surface area (Å²) in [5, 5.41) is 0. The average Bonchev–Trinajstić information content (AvgIpc) is 2.78. The lowest BCUT2D eigenvalue weighted by Gasteiger charge is -2.19. The van der Waals surface area contributed by atoms with Crippen LogP contribution in [0.1, 0.15) is 107 Å². The molecule has 1 rings (SSSR count). The van der Waals surface area contributed by atoms with Crippen molar-refractivity contribution < 1.29 is 14.3 Å². The molecule has 30 heavy (non-hydrogen) atoms. The highest BCUT2D eigenvalue weighted by molar-refractivity contribution is 5.97. The Morgan fingerprint density at radius 2 is 1.27 bits per heavy atom. The number of carbonyl (C=O) groups excluding carboxylic acids is 1. The van der Waals surface area contributed by atoms with E-state index in [4.69, 9.17) is 9.47 Å². The van der Waals surface area contributed by atoms with E-state index in [0.29, 0.717) is 17.1 Å². The van der Waals surface area contributed by atoms with Crippen molar-refractivity contribution in [2.45, 2.75) is 96.8 Å². The summed E-state index contributed by atoms with van der Waals surface area (Å²) in [5.74, 6) is 1.25. The summed E-state index contributed by atoms with van der Waals surface area (Å²) < 4.78 is 10.6. The number of ether oxygens (including phenoxy) is 2. The van der Waals surface area contributed by atoms with Gasteiger partial charge in [0.2, 0.25) is 0 Å². The Bertz CT molecular complexity index is 573. The quantitative estimate of drug-likeness (QED) is 0.235. The minimum Gasteiger partial charge on any atom is -0.497 e. The van der Waals surface area contributed by atoms with Gasteiger partial charge in [-0.3, -0.25) is 4.79 Å². The molecule has 0 aliphatic rings. The Kier molecular flexibility index (Phi) is 14.9. The summed E-state index contributed by atoms with van der Waals surface area (Å²) in [6, 6.07) is 5.35. The van der Waals surface area contributed by atoms with E-state index < -0.39 is 0 Å². The number of hydrogen-bond acceptors (Lipinski definition) is 3. The van der Waals surface area contributed by atoms with Crippen LogP contribution in [0.4, 0.5) is 0 Å². The first-order valence-corrected chi connectivity index (χ1v) is 12.1. The van der Waals surface area contributed by atoms with E-state index in [1.807, 2.05) is 13.1 Å². The van der Waals surface area contributed by atoms with E-state index in [1.54, 1.807) is 31.3 Å². The van der Waals surface area contributed by atoms with E-state index >= 15 is 0 Å². The van der Waals surface area contributed by atoms with Crippen LogP contribution < -0.4 is 9.47 Å². The molecule has 0 saturated heterocycles. The van der Waals surface area contributed by atoms with Crippen LogP contribution in [0.15, 0.2) is 18.2 Å². The van der Waals surface area contributed by atoms with Gasteiger partial charge < -0.3 is 14.4 Å². The van der Waals surface area contributed by atoms with Crippen molar-refractivity contribution in [1.29, 1.82) is 0 Å². The Hall–Kier alpha value is -1.71. The van der Waals surface area contributed by atoms with Gasteiger partial charge in [0, 0.05) is 13.6 Å². The molecule has 4 heteroatoms. The molecule has 1 aromatic rings. The molecule has 0 bridgehead atoms. The predicted octanol–water partition coefficient (Wildman–Crippen LogP) is 7.26. The summed E-state index contributed by atoms with van der Waals surface area (Å²) in [5.41, 5.74) is 0.560. The van der Waals surface area contributed by atoms with Crippen LogP contribution in [-0.2, 0) is 0 Å². The molecule has 0 aliphatic heterocycles. The fourth-order valence-electron chi connectivity index (χ4n) is 3.83. The normalized spacial score (nSPS) is 10.8. The van der Waals surface area contributed by atoms with Gasteiger partial charge in [-0.2, -0.15) is 0 Å². The van der Waals surface area contributed by atoms with E-state index in [1.165, 1.54) is 83.5 Å². The number of unbranched alkanes of at least 4 members (excludes halogenated alkanes) is 13. The molecular weight excluding hydrogens is 374 g/mol. The third-order valence-electron chi connectivity index (χ3n) is 5.83. The average molecular weight is 420 g/mol. The molecule has 0 aliphatic carbocycles. The number of benzene rings is 1. The summed E-state index contributed by atoms with van der Waals surface area (Å²) in [6.07, 6.45) is 18.8. The lowest BCUT2D eigenvalue weighted by molar-refractivity contribution is 0.0788. The third kappa shape index (κ3) is 10.9. The fourth-order valence-corrected chi connectivity index (χ4v) is 3.83. The van der Waals surface area contributed by atoms with Crippen LogP contribution in [0.2, 0.25) is 0 Å². The van der Waals surface area contributed by atoms with Crippen LogP contribution >= 0.6 is 0 Å². The van der Waals surface area contributed by atoms with E-state index in [-0.39, 0.29) is 5.91 Å². The Balaban J connectivity index is 2.08. The van der Waals surface area contributed by atoms with Crippen molar-refractivity contribution >= 4 is 5.91 Å². The van der Waals surface area contributed by atoms with Crippen molar-refractivity contribution in [3.63, 3.8) is 0 Å². The molecule has 0 heterocycles. The van der Waals surface area contributed by atoms with Gasteiger partial charge in [0.15, 0.2) is 0 Å². The molecule has 0 saturated carbocycles. The van der Waals surface area contributed by atoms with E-state index in [2.05, 4.69) is 6.92 Å². The number of rotatable bonds is 18. The van der Waals surface area contributed by atoms with Crippen molar-refractivity contribution in [3.05, 3.63) is 23.8 Å². The minimum absolute atomic E-state index is 0.0135. The molecule has 4 nitrogen and oxygen atoms in total. The Morgan fingerprint density at radius 1 is 0.767 bits per heavy atom. The molecule has 1 aromatic carbocycles. The minimum atomic E-state index is -0.0135. The van der Waals surface area contributed by atoms with Gasteiger partial charge in [-0.05, 0) is 24.6 Å². The van der Waals surface area contributed by atoms with Crippen LogP contribution in [-0.4, -0.2) is 38.6 Å². The van der Waals surface area contributed by atoms with Gasteiger partial charge in [0.05, 0.1) is 19.8 Å². The zero-order valence-electron chi connectivity index (χ0n) is 20.0. The highest BCUT2D eigenvalue weighted by atomic mass is 16.5. The molecule has 0 fully saturated rings. The lowest BCUT2D eigenvalue weighted by atomic mass is 10.0. The molecule has 0 N–H and O–H groups in total. The van der Waals surface area contributed by atoms with E-state index in [0.717, 1.165) is 13.0 Å². The molecule has 0 aromatic heterocycles. The van der Waals surface area contributed by atoms with Crippen molar-refractivity contribution in [1.82, 2.24) is 4.90 Å². The second-order valence-corrected chi connectivity index (χ2v) is 8.39. The molecule has 1 amide bonds. The monoisotopic (exact) mass is 419 g/mol. The standard InChI is InChI=1S/C26H45NO3/c1-5-6-7-8-9-10-11-12-13-14-15-16-17-18-21-27(2)26(28)24-22-23(29-3)19-20-25(24)30-4/h19-20,22H,5-18,21H2,1-4H3. The molecule has 0 atom stereocenters. The number of nitrogens with zero attached hydrogens (tertiary/aromatic N) is 1. The SMILES string of the molecule is CCCCCCCCCCCCCCCCN(C)C(=O)c1cc(OC)ccc1OC. The maximum absolute atomic E-state index is 12.7. The van der Waals surface area contributed by atoms with Crippen molar-refractivity contribution in [2.75, 3.05) is 27.8 Å². The summed E-state index contributed by atoms with van der Waals surface area (Å²) in [7, 11) is 5.06. The summed E-state index contributed by atoms with van der Waals surface area (Å²) in [6.45, 7) is 3.05. The number of methoxy groups -OCH3 is 2. The van der Waals surface area contributed by atoms with Crippen LogP contribution in [0.3, 0.4) is 0 Å². The molecule has 0 unspecified atom stereocenters. The third-order valence-corrected chi connectivity index (χ3v) is 5.83. The maximum Gasteiger partial charge on any atom is 0.257 e. The molecule has 172 valence electrons. The predicted molar refractivity (Wildman–Crippen MR) is 127 cm³/mol. The Morgan fingerprint density at radius 3 is 1.73 bits per heavy atom. The van der Waals surface area contributed by atoms with Gasteiger partial charge in [-0.25, -0.2) is 0 Å². The zero-order valence-corrected chi connectivity index (χ0v) is 20.0. The van der Waals surface area contributed by atoms with Crippen molar-refractivity contribution in [2.24, 2.45) is 0 Å². The molecule has 0 radical (unpaired) electrons. The molecular formula is C26H45NO3. The van der Waals surface area contributed by atoms with Crippen LogP contribution in [0, 0.1) is 0 Å². The number of hydrogen-bond donors (Lipinski definition) is 0. The molecule has 0 spiro atoms. The van der Waals surface area contributed by atoms with Gasteiger partial charge in [0.25, 0.3) is 5.91 Å². The number of carbonyl (C=O) groups is 1. The van der Waals surface area contributed by atoms with Gasteiger partial charge in [-0.15, -0.1) is 0 Å². The lowest BCUT2D eigenvalue weighted by Crippen LogP contribution is -2.28. The Labute approximate surface area is 185 Å². The van der Waals surface area contributed by atoms with Gasteiger partial charge in [0.1, 0.15) is 11.5 Å². The number of amides is 1. The second kappa shape index (κ2) is 17.0. The first-order chi connectivity index (χ1) is 14.6. The highest BCUT2D eigenvalue weighted by Crippen LogP contribution is 2.25. The zero-order chi connectivity index (χ0) is 22.0. The first-order valence-electron chi connectivity index (χ1n) is 12.1. The second-order valence-electron chi connectivity index (χ2n) is 8.39. The van der Waals surface area contributed by atoms with Crippen LogP contribution in [0.25, 0.3) is 0 Å². The van der Waals surface area contributed by atoms with E-state index in [9.17, 15) is 4.79 Å². The topological polar surface area (TPSA) is 38.8 Å². The summed E-state index contributed by atoms with van der Waals surface area (Å²) in [4.78, 5) is 14.5. The van der Waals surface area contributed by atoms with Crippen LogP contribution in [0.5, 0.6) is 11.5 Å². The fraction of sp³-hybridized carbons (Fsp3) is 0.731. The largest absolute Gasteiger partial charge is 0.497 e. The maximum atomic E-state index is 12.7. The van der Waals surface area contributed by atoms with Gasteiger partial charge >= 0.3 is 0 Å². The van der Waals surface area contributed by atoms with Crippen molar-refractivity contribution in [3.8, 4) is 11.5 Å². The van der Waals surface area contributed by atoms with Gasteiger partial charge in [-0.1, -0.05) is 90.4 Å². The summed E-state index contributed by atoms with van der Waals surface area (Å²) >= 11 is 0. The first kappa shape index (κ1) is 26.3. The smallest absolute Gasteiger partial charge is 0.257 e. The highest BCUT2D eigenvalue weighted by Gasteiger charge is 2.17.